The number of rotatable bonds is 5. The van der Waals surface area contributed by atoms with Gasteiger partial charge < -0.3 is 5.32 Å². The van der Waals surface area contributed by atoms with E-state index in [9.17, 15) is 4.79 Å². The summed E-state index contributed by atoms with van der Waals surface area (Å²) < 4.78 is 1.87. The van der Waals surface area contributed by atoms with Gasteiger partial charge >= 0.3 is 0 Å². The fourth-order valence-corrected chi connectivity index (χ4v) is 2.16. The van der Waals surface area contributed by atoms with E-state index in [4.69, 9.17) is 0 Å². The molecule has 1 aromatic heterocycles. The van der Waals surface area contributed by atoms with Crippen LogP contribution in [0.4, 0.5) is 5.69 Å². The van der Waals surface area contributed by atoms with Crippen molar-refractivity contribution in [1.29, 1.82) is 0 Å². The molecule has 0 atom stereocenters. The number of carbonyl (C=O) groups excluding carboxylic acids is 1. The van der Waals surface area contributed by atoms with Crippen molar-refractivity contribution in [1.82, 2.24) is 9.78 Å². The number of hydrogen-bond acceptors (Lipinski definition) is 2. The number of aryl methyl sites for hydroxylation is 4. The van der Waals surface area contributed by atoms with Gasteiger partial charge in [-0.3, -0.25) is 9.48 Å². The normalized spacial score (nSPS) is 10.6. The zero-order valence-corrected chi connectivity index (χ0v) is 12.3. The number of benzene rings is 1. The molecular weight excluding hydrogens is 250 g/mol. The van der Waals surface area contributed by atoms with Crippen LogP contribution >= 0.6 is 0 Å². The third-order valence-electron chi connectivity index (χ3n) is 3.30. The number of anilines is 1. The lowest BCUT2D eigenvalue weighted by molar-refractivity contribution is -0.116. The molecule has 1 aromatic carbocycles. The topological polar surface area (TPSA) is 46.9 Å². The van der Waals surface area contributed by atoms with Gasteiger partial charge in [-0.2, -0.15) is 5.10 Å². The second kappa shape index (κ2) is 6.37. The largest absolute Gasteiger partial charge is 0.326 e. The average Bonchev–Trinajstić information content (AvgIpc) is 2.75. The molecule has 0 saturated heterocycles. The molecule has 0 unspecified atom stereocenters. The summed E-state index contributed by atoms with van der Waals surface area (Å²) in [6.07, 6.45) is 1.43. The molecule has 4 heteroatoms. The number of aromatic nitrogens is 2. The van der Waals surface area contributed by atoms with Crippen LogP contribution in [0.15, 0.2) is 30.3 Å². The first-order chi connectivity index (χ1) is 9.58. The molecule has 2 aromatic rings. The molecule has 0 spiro atoms. The Kier molecular flexibility index (Phi) is 4.56. The van der Waals surface area contributed by atoms with E-state index in [0.29, 0.717) is 13.0 Å². The van der Waals surface area contributed by atoms with Crippen LogP contribution in [0.3, 0.4) is 0 Å². The van der Waals surface area contributed by atoms with Crippen molar-refractivity contribution in [2.24, 2.45) is 0 Å². The van der Waals surface area contributed by atoms with Crippen molar-refractivity contribution in [3.05, 3.63) is 47.3 Å². The van der Waals surface area contributed by atoms with Crippen LogP contribution in [0.25, 0.3) is 0 Å². The van der Waals surface area contributed by atoms with Crippen molar-refractivity contribution in [3.63, 3.8) is 0 Å². The van der Waals surface area contributed by atoms with Gasteiger partial charge in [0.2, 0.25) is 5.91 Å². The number of hydrogen-bond donors (Lipinski definition) is 1. The molecule has 0 aliphatic carbocycles. The molecule has 0 saturated carbocycles. The number of amides is 1. The Morgan fingerprint density at radius 2 is 1.95 bits per heavy atom. The van der Waals surface area contributed by atoms with Crippen LogP contribution in [0.1, 0.15) is 30.3 Å². The van der Waals surface area contributed by atoms with Crippen LogP contribution < -0.4 is 5.32 Å². The monoisotopic (exact) mass is 271 g/mol. The van der Waals surface area contributed by atoms with E-state index in [-0.39, 0.29) is 5.91 Å². The summed E-state index contributed by atoms with van der Waals surface area (Å²) in [7, 11) is 0. The second-order valence-electron chi connectivity index (χ2n) is 5.00. The minimum Gasteiger partial charge on any atom is -0.326 e. The van der Waals surface area contributed by atoms with Gasteiger partial charge in [0.05, 0.1) is 5.69 Å². The van der Waals surface area contributed by atoms with E-state index in [1.54, 1.807) is 0 Å². The molecule has 20 heavy (non-hydrogen) atoms. The van der Waals surface area contributed by atoms with E-state index >= 15 is 0 Å². The van der Waals surface area contributed by atoms with Gasteiger partial charge in [0, 0.05) is 24.3 Å². The van der Waals surface area contributed by atoms with Crippen molar-refractivity contribution in [2.45, 2.75) is 40.2 Å². The van der Waals surface area contributed by atoms with Crippen molar-refractivity contribution < 1.29 is 4.79 Å². The lowest BCUT2D eigenvalue weighted by Crippen LogP contribution is -2.15. The standard InChI is InChI=1S/C16H21N3O/c1-4-14-5-7-15(8-6-14)17-16(20)9-10-19-13(3)11-12(2)18-19/h5-8,11H,4,9-10H2,1-3H3,(H,17,20). The lowest BCUT2D eigenvalue weighted by atomic mass is 10.1. The number of nitrogens with zero attached hydrogens (tertiary/aromatic N) is 2. The smallest absolute Gasteiger partial charge is 0.226 e. The highest BCUT2D eigenvalue weighted by Crippen LogP contribution is 2.10. The van der Waals surface area contributed by atoms with Gasteiger partial charge in [0.15, 0.2) is 0 Å². The summed E-state index contributed by atoms with van der Waals surface area (Å²) in [4.78, 5) is 11.9. The summed E-state index contributed by atoms with van der Waals surface area (Å²) in [6, 6.07) is 9.98. The van der Waals surface area contributed by atoms with Gasteiger partial charge in [-0.25, -0.2) is 0 Å². The van der Waals surface area contributed by atoms with Crippen molar-refractivity contribution >= 4 is 11.6 Å². The molecule has 0 fully saturated rings. The molecule has 1 N–H and O–H groups in total. The molecular formula is C16H21N3O. The molecule has 0 aliphatic heterocycles. The summed E-state index contributed by atoms with van der Waals surface area (Å²) in [6.45, 7) is 6.68. The number of nitrogens with one attached hydrogen (secondary N) is 1. The van der Waals surface area contributed by atoms with E-state index in [1.165, 1.54) is 5.56 Å². The first kappa shape index (κ1) is 14.3. The van der Waals surface area contributed by atoms with Gasteiger partial charge in [0.25, 0.3) is 0 Å². The Morgan fingerprint density at radius 1 is 1.25 bits per heavy atom. The highest BCUT2D eigenvalue weighted by Gasteiger charge is 2.05. The van der Waals surface area contributed by atoms with Crippen LogP contribution in [-0.2, 0) is 17.8 Å². The fraction of sp³-hybridized carbons (Fsp3) is 0.375. The van der Waals surface area contributed by atoms with E-state index < -0.39 is 0 Å². The number of carbonyl (C=O) groups is 1. The Bertz CT molecular complexity index is 584. The lowest BCUT2D eigenvalue weighted by Gasteiger charge is -2.07. The SMILES string of the molecule is CCc1ccc(NC(=O)CCn2nc(C)cc2C)cc1. The van der Waals surface area contributed by atoms with E-state index in [1.807, 2.05) is 48.9 Å². The third kappa shape index (κ3) is 3.70. The first-order valence-corrected chi connectivity index (χ1v) is 6.98. The summed E-state index contributed by atoms with van der Waals surface area (Å²) in [5.74, 6) is 0.0156. The maximum absolute atomic E-state index is 11.9. The predicted octanol–water partition coefficient (Wildman–Crippen LogP) is 3.09. The van der Waals surface area contributed by atoms with Crippen LogP contribution in [0.2, 0.25) is 0 Å². The minimum atomic E-state index is 0.0156. The van der Waals surface area contributed by atoms with Gasteiger partial charge in [0.1, 0.15) is 0 Å². The van der Waals surface area contributed by atoms with Gasteiger partial charge in [-0.1, -0.05) is 19.1 Å². The van der Waals surface area contributed by atoms with Gasteiger partial charge in [-0.05, 0) is 44.0 Å². The summed E-state index contributed by atoms with van der Waals surface area (Å²) in [5.41, 5.74) is 4.19. The van der Waals surface area contributed by atoms with Crippen LogP contribution in [-0.4, -0.2) is 15.7 Å². The Balaban J connectivity index is 1.87. The van der Waals surface area contributed by atoms with Crippen molar-refractivity contribution in [3.8, 4) is 0 Å². The Morgan fingerprint density at radius 3 is 2.50 bits per heavy atom. The highest BCUT2D eigenvalue weighted by molar-refractivity contribution is 5.90. The minimum absolute atomic E-state index is 0.0156. The third-order valence-corrected chi connectivity index (χ3v) is 3.30. The predicted molar refractivity (Wildman–Crippen MR) is 80.8 cm³/mol. The average molecular weight is 271 g/mol. The zero-order chi connectivity index (χ0) is 14.5. The molecule has 2 rings (SSSR count). The van der Waals surface area contributed by atoms with Crippen LogP contribution in [0, 0.1) is 13.8 Å². The fourth-order valence-electron chi connectivity index (χ4n) is 2.16. The maximum Gasteiger partial charge on any atom is 0.226 e. The summed E-state index contributed by atoms with van der Waals surface area (Å²) >= 11 is 0. The Hall–Kier alpha value is -2.10. The zero-order valence-electron chi connectivity index (χ0n) is 12.3. The first-order valence-electron chi connectivity index (χ1n) is 6.98. The van der Waals surface area contributed by atoms with Crippen molar-refractivity contribution in [2.75, 3.05) is 5.32 Å². The quantitative estimate of drug-likeness (QED) is 0.908. The second-order valence-corrected chi connectivity index (χ2v) is 5.00. The summed E-state index contributed by atoms with van der Waals surface area (Å²) in [5, 5.41) is 7.26. The van der Waals surface area contributed by atoms with Gasteiger partial charge in [-0.15, -0.1) is 0 Å². The highest BCUT2D eigenvalue weighted by atomic mass is 16.1. The molecule has 106 valence electrons. The van der Waals surface area contributed by atoms with Crippen LogP contribution in [0.5, 0.6) is 0 Å². The molecule has 0 bridgehead atoms. The van der Waals surface area contributed by atoms with E-state index in [2.05, 4.69) is 17.3 Å². The Labute approximate surface area is 119 Å². The molecule has 0 aliphatic rings. The maximum atomic E-state index is 11.9. The molecule has 0 radical (unpaired) electrons. The van der Waals surface area contributed by atoms with E-state index in [0.717, 1.165) is 23.5 Å². The molecule has 1 heterocycles. The molecule has 1 amide bonds. The molecule has 4 nitrogen and oxygen atoms in total.